The maximum atomic E-state index is 13.5. The molecule has 4 aromatic rings. The average molecular weight is 493 g/mol. The van der Waals surface area contributed by atoms with Crippen LogP contribution in [0.2, 0.25) is 10.2 Å². The second-order valence-electron chi connectivity index (χ2n) is 7.72. The quantitative estimate of drug-likeness (QED) is 0.406. The molecule has 5 rings (SSSR count). The first kappa shape index (κ1) is 22.1. The summed E-state index contributed by atoms with van der Waals surface area (Å²) >= 11 is 12.5. The van der Waals surface area contributed by atoms with Crippen molar-refractivity contribution in [2.45, 2.75) is 12.8 Å². The summed E-state index contributed by atoms with van der Waals surface area (Å²) in [5.41, 5.74) is 4.08. The molecule has 1 aliphatic rings. The highest BCUT2D eigenvalue weighted by Crippen LogP contribution is 2.34. The molecule has 10 heteroatoms. The third-order valence-electron chi connectivity index (χ3n) is 5.55. The molecule has 1 aromatic carbocycles. The number of nitrogens with zero attached hydrogens (tertiary/aromatic N) is 4. The van der Waals surface area contributed by atoms with Crippen molar-refractivity contribution in [2.24, 2.45) is 0 Å². The minimum absolute atomic E-state index is 0.0657. The van der Waals surface area contributed by atoms with Gasteiger partial charge < -0.3 is 5.32 Å². The van der Waals surface area contributed by atoms with Gasteiger partial charge in [0.15, 0.2) is 0 Å². The van der Waals surface area contributed by atoms with E-state index < -0.39 is 0 Å². The van der Waals surface area contributed by atoms with Crippen molar-refractivity contribution in [3.63, 3.8) is 0 Å². The van der Waals surface area contributed by atoms with Crippen molar-refractivity contribution in [1.29, 1.82) is 0 Å². The Morgan fingerprint density at radius 2 is 1.91 bits per heavy atom. The summed E-state index contributed by atoms with van der Waals surface area (Å²) in [6, 6.07) is 12.0. The molecule has 0 radical (unpaired) electrons. The number of carbonyl (C=O) groups is 2. The van der Waals surface area contributed by atoms with Gasteiger partial charge in [0.2, 0.25) is 5.91 Å². The van der Waals surface area contributed by atoms with Gasteiger partial charge in [-0.25, -0.2) is 9.97 Å². The highest BCUT2D eigenvalue weighted by molar-refractivity contribution is 6.35. The van der Waals surface area contributed by atoms with E-state index in [0.29, 0.717) is 35.6 Å². The van der Waals surface area contributed by atoms with Gasteiger partial charge in [-0.1, -0.05) is 29.3 Å². The van der Waals surface area contributed by atoms with E-state index in [4.69, 9.17) is 23.2 Å². The van der Waals surface area contributed by atoms with Crippen molar-refractivity contribution < 1.29 is 9.59 Å². The van der Waals surface area contributed by atoms with Crippen LogP contribution >= 0.6 is 23.2 Å². The molecule has 0 atom stereocenters. The number of hydrogen-bond acceptors (Lipinski definition) is 5. The first-order valence-corrected chi connectivity index (χ1v) is 11.2. The number of nitrogens with one attached hydrogen (secondary N) is 2. The number of aromatic nitrogens is 4. The summed E-state index contributed by atoms with van der Waals surface area (Å²) in [6.45, 7) is 0.427. The first-order valence-electron chi connectivity index (χ1n) is 10.5. The molecule has 4 heterocycles. The molecule has 2 N–H and O–H groups in total. The second kappa shape index (κ2) is 9.24. The highest BCUT2D eigenvalue weighted by Gasteiger charge is 2.28. The van der Waals surface area contributed by atoms with Crippen LogP contribution in [-0.4, -0.2) is 38.5 Å². The van der Waals surface area contributed by atoms with Crippen LogP contribution in [0.5, 0.6) is 0 Å². The molecule has 3 aromatic heterocycles. The van der Waals surface area contributed by atoms with Crippen molar-refractivity contribution in [1.82, 2.24) is 20.2 Å². The molecule has 170 valence electrons. The van der Waals surface area contributed by atoms with Crippen LogP contribution < -0.4 is 10.2 Å². The van der Waals surface area contributed by atoms with Gasteiger partial charge in [0.1, 0.15) is 11.0 Å². The van der Waals surface area contributed by atoms with E-state index in [9.17, 15) is 9.59 Å². The van der Waals surface area contributed by atoms with E-state index in [1.54, 1.807) is 53.8 Å². The topological polar surface area (TPSA) is 104 Å². The van der Waals surface area contributed by atoms with Gasteiger partial charge in [0, 0.05) is 30.2 Å². The predicted molar refractivity (Wildman–Crippen MR) is 130 cm³/mol. The zero-order valence-corrected chi connectivity index (χ0v) is 19.3. The normalized spacial score (nSPS) is 12.5. The van der Waals surface area contributed by atoms with E-state index in [1.165, 1.54) is 0 Å². The summed E-state index contributed by atoms with van der Waals surface area (Å²) in [5.74, 6) is -0.00850. The lowest BCUT2D eigenvalue weighted by atomic mass is 10.1. The zero-order valence-electron chi connectivity index (χ0n) is 17.8. The van der Waals surface area contributed by atoms with Crippen molar-refractivity contribution in [3.8, 4) is 11.3 Å². The van der Waals surface area contributed by atoms with Crippen LogP contribution in [0.25, 0.3) is 11.3 Å². The maximum Gasteiger partial charge on any atom is 0.260 e. The van der Waals surface area contributed by atoms with Crippen LogP contribution in [0.15, 0.2) is 61.1 Å². The Morgan fingerprint density at radius 3 is 2.74 bits per heavy atom. The fraction of sp³-hybridized carbons (Fsp3) is 0.125. The van der Waals surface area contributed by atoms with Gasteiger partial charge in [-0.05, 0) is 53.9 Å². The van der Waals surface area contributed by atoms with Crippen LogP contribution in [0.4, 0.5) is 11.5 Å². The number of anilines is 2. The van der Waals surface area contributed by atoms with E-state index >= 15 is 0 Å². The van der Waals surface area contributed by atoms with Crippen LogP contribution in [0, 0.1) is 0 Å². The molecule has 8 nitrogen and oxygen atoms in total. The summed E-state index contributed by atoms with van der Waals surface area (Å²) in [4.78, 5) is 36.0. The predicted octanol–water partition coefficient (Wildman–Crippen LogP) is 4.56. The minimum atomic E-state index is -0.275. The molecule has 0 bridgehead atoms. The maximum absolute atomic E-state index is 13.5. The molecule has 0 saturated heterocycles. The third-order valence-corrected chi connectivity index (χ3v) is 6.20. The number of aromatic amines is 1. The van der Waals surface area contributed by atoms with Gasteiger partial charge >= 0.3 is 0 Å². The highest BCUT2D eigenvalue weighted by atomic mass is 35.5. The first-order chi connectivity index (χ1) is 16.5. The lowest BCUT2D eigenvalue weighted by molar-refractivity contribution is -0.115. The Hall–Kier alpha value is -3.75. The molecule has 0 unspecified atom stereocenters. The van der Waals surface area contributed by atoms with Gasteiger partial charge in [0.05, 0.1) is 28.9 Å². The summed E-state index contributed by atoms with van der Waals surface area (Å²) in [5, 5.41) is 10.4. The molecular weight excluding hydrogens is 475 g/mol. The molecule has 0 saturated carbocycles. The standard InChI is InChI=1S/C24H18Cl2N6O2/c25-19-12-16(30-20(33)11-14-3-1-8-27-22(14)26)5-6-17(19)24(34)32-10-7-15-13-29-31-21(15)18-4-2-9-28-23(18)32/h1-6,8-9,12-13H,7,10-11H2,(H,29,31)(H,30,33). The smallest absolute Gasteiger partial charge is 0.260 e. The Bertz CT molecular complexity index is 1400. The van der Waals surface area contributed by atoms with E-state index in [-0.39, 0.29) is 28.4 Å². The fourth-order valence-electron chi connectivity index (χ4n) is 3.92. The van der Waals surface area contributed by atoms with Gasteiger partial charge in [0.25, 0.3) is 5.91 Å². The van der Waals surface area contributed by atoms with Crippen LogP contribution in [0.1, 0.15) is 21.5 Å². The number of hydrogen-bond donors (Lipinski definition) is 2. The van der Waals surface area contributed by atoms with Gasteiger partial charge in [-0.3, -0.25) is 19.6 Å². The number of amides is 2. The zero-order chi connectivity index (χ0) is 23.7. The number of carbonyl (C=O) groups excluding carboxylic acids is 2. The summed E-state index contributed by atoms with van der Waals surface area (Å²) < 4.78 is 0. The number of halogens is 2. The van der Waals surface area contributed by atoms with Crippen LogP contribution in [0.3, 0.4) is 0 Å². The Kier molecular flexibility index (Phi) is 6.00. The largest absolute Gasteiger partial charge is 0.326 e. The molecular formula is C24H18Cl2N6O2. The summed E-state index contributed by atoms with van der Waals surface area (Å²) in [7, 11) is 0. The van der Waals surface area contributed by atoms with E-state index in [2.05, 4.69) is 25.5 Å². The fourth-order valence-corrected chi connectivity index (χ4v) is 4.37. The van der Waals surface area contributed by atoms with E-state index in [1.807, 2.05) is 12.1 Å². The number of fused-ring (bicyclic) bond motifs is 3. The molecule has 0 fully saturated rings. The van der Waals surface area contributed by atoms with E-state index in [0.717, 1.165) is 16.8 Å². The average Bonchev–Trinajstić information content (AvgIpc) is 3.23. The molecule has 1 aliphatic heterocycles. The monoisotopic (exact) mass is 492 g/mol. The van der Waals surface area contributed by atoms with Gasteiger partial charge in [-0.15, -0.1) is 0 Å². The van der Waals surface area contributed by atoms with Crippen LogP contribution in [-0.2, 0) is 17.6 Å². The number of benzene rings is 1. The second-order valence-corrected chi connectivity index (χ2v) is 8.49. The number of rotatable bonds is 4. The van der Waals surface area contributed by atoms with Crippen molar-refractivity contribution >= 4 is 46.5 Å². The molecule has 0 aliphatic carbocycles. The molecule has 34 heavy (non-hydrogen) atoms. The number of pyridine rings is 2. The Balaban J connectivity index is 1.36. The molecule has 0 spiro atoms. The van der Waals surface area contributed by atoms with Crippen molar-refractivity contribution in [3.05, 3.63) is 87.9 Å². The number of H-pyrrole nitrogens is 1. The van der Waals surface area contributed by atoms with Gasteiger partial charge in [-0.2, -0.15) is 5.10 Å². The minimum Gasteiger partial charge on any atom is -0.326 e. The lowest BCUT2D eigenvalue weighted by Crippen LogP contribution is -2.33. The SMILES string of the molecule is O=C(Cc1cccnc1Cl)Nc1ccc(C(=O)N2CCc3cn[nH]c3-c3cccnc32)c(Cl)c1. The molecule has 2 amide bonds. The lowest BCUT2D eigenvalue weighted by Gasteiger charge is -2.22. The Morgan fingerprint density at radius 1 is 1.09 bits per heavy atom. The summed E-state index contributed by atoms with van der Waals surface area (Å²) in [6.07, 6.45) is 5.66. The van der Waals surface area contributed by atoms with Crippen molar-refractivity contribution in [2.75, 3.05) is 16.8 Å². The Labute approximate surface area is 204 Å². The third kappa shape index (κ3) is 4.25.